The fourth-order valence-corrected chi connectivity index (χ4v) is 5.47. The van der Waals surface area contributed by atoms with E-state index >= 15 is 0 Å². The molecule has 35 heavy (non-hydrogen) atoms. The molecular weight excluding hydrogens is 468 g/mol. The lowest BCUT2D eigenvalue weighted by Crippen LogP contribution is -2.28. The van der Waals surface area contributed by atoms with Crippen LogP contribution in [-0.4, -0.2) is 42.6 Å². The van der Waals surface area contributed by atoms with Crippen LogP contribution in [0, 0.1) is 45.9 Å². The number of aromatic amines is 1. The number of rotatable bonds is 8. The standard InChI is InChI=1S/C25H28N4O5S/c1-14-15(2)17(4)24(18(5)16(14)3)35(32,33)27-11-10-23(31)34-13-22(30)19(12-26)25-28-20-8-6-7-9-21(20)29-25/h6-9,27,30H,10-11,13H2,1-5H3,(H,28,29). The second-order valence-electron chi connectivity index (χ2n) is 8.30. The van der Waals surface area contributed by atoms with Gasteiger partial charge in [-0.25, -0.2) is 18.1 Å². The predicted molar refractivity (Wildman–Crippen MR) is 132 cm³/mol. The van der Waals surface area contributed by atoms with Crippen molar-refractivity contribution in [2.24, 2.45) is 0 Å². The molecule has 3 aromatic rings. The summed E-state index contributed by atoms with van der Waals surface area (Å²) in [6, 6.07) is 8.99. The minimum Gasteiger partial charge on any atom is -0.507 e. The molecular formula is C25H28N4O5S. The number of nitrogens with one attached hydrogen (secondary N) is 2. The number of aliphatic hydroxyl groups excluding tert-OH is 1. The molecule has 0 saturated heterocycles. The van der Waals surface area contributed by atoms with Gasteiger partial charge in [0, 0.05) is 6.54 Å². The number of nitriles is 1. The van der Waals surface area contributed by atoms with E-state index in [4.69, 9.17) is 4.74 Å². The van der Waals surface area contributed by atoms with Gasteiger partial charge in [0.2, 0.25) is 10.0 Å². The van der Waals surface area contributed by atoms with Crippen molar-refractivity contribution in [3.05, 3.63) is 63.7 Å². The van der Waals surface area contributed by atoms with E-state index in [0.717, 1.165) is 16.7 Å². The van der Waals surface area contributed by atoms with Gasteiger partial charge in [-0.3, -0.25) is 4.79 Å². The molecule has 0 aliphatic heterocycles. The molecule has 0 saturated carbocycles. The third kappa shape index (κ3) is 5.37. The molecule has 0 radical (unpaired) electrons. The molecule has 0 aliphatic carbocycles. The van der Waals surface area contributed by atoms with Gasteiger partial charge in [0.1, 0.15) is 18.2 Å². The van der Waals surface area contributed by atoms with Gasteiger partial charge in [-0.15, -0.1) is 0 Å². The first-order chi connectivity index (χ1) is 16.5. The number of hydrogen-bond donors (Lipinski definition) is 3. The molecule has 0 unspecified atom stereocenters. The molecule has 0 atom stereocenters. The van der Waals surface area contributed by atoms with E-state index in [1.54, 1.807) is 38.1 Å². The monoisotopic (exact) mass is 496 g/mol. The Bertz CT molecular complexity index is 1420. The normalized spacial score (nSPS) is 12.3. The Hall–Kier alpha value is -3.68. The van der Waals surface area contributed by atoms with Gasteiger partial charge in [-0.2, -0.15) is 5.26 Å². The lowest BCUT2D eigenvalue weighted by Gasteiger charge is -2.19. The zero-order valence-corrected chi connectivity index (χ0v) is 21.1. The van der Waals surface area contributed by atoms with Gasteiger partial charge in [0.15, 0.2) is 11.6 Å². The summed E-state index contributed by atoms with van der Waals surface area (Å²) in [5.74, 6) is -1.03. The topological polar surface area (TPSA) is 145 Å². The van der Waals surface area contributed by atoms with Gasteiger partial charge >= 0.3 is 5.97 Å². The van der Waals surface area contributed by atoms with E-state index in [1.807, 2.05) is 26.8 Å². The number of sulfonamides is 1. The SMILES string of the molecule is Cc1c(C)c(C)c(S(=O)(=O)NCCC(=O)OCC(O)=C(C#N)c2nc3ccccc3[nH]2)c(C)c1C. The number of benzene rings is 2. The average molecular weight is 497 g/mol. The van der Waals surface area contributed by atoms with Crippen molar-refractivity contribution in [2.75, 3.05) is 13.2 Å². The number of imidazole rings is 1. The van der Waals surface area contributed by atoms with E-state index in [1.165, 1.54) is 0 Å². The molecule has 10 heteroatoms. The number of para-hydroxylation sites is 2. The molecule has 3 rings (SSSR count). The Morgan fingerprint density at radius 3 is 2.29 bits per heavy atom. The first-order valence-electron chi connectivity index (χ1n) is 11.0. The van der Waals surface area contributed by atoms with Crippen LogP contribution in [0.4, 0.5) is 0 Å². The van der Waals surface area contributed by atoms with Crippen LogP contribution < -0.4 is 4.72 Å². The molecule has 0 bridgehead atoms. The van der Waals surface area contributed by atoms with Gasteiger partial charge in [0.05, 0.1) is 22.3 Å². The van der Waals surface area contributed by atoms with E-state index in [0.29, 0.717) is 22.2 Å². The van der Waals surface area contributed by atoms with Crippen molar-refractivity contribution >= 4 is 32.6 Å². The smallest absolute Gasteiger partial charge is 0.307 e. The highest BCUT2D eigenvalue weighted by molar-refractivity contribution is 7.89. The van der Waals surface area contributed by atoms with Crippen LogP contribution >= 0.6 is 0 Å². The van der Waals surface area contributed by atoms with Gasteiger partial charge in [-0.05, 0) is 74.6 Å². The summed E-state index contributed by atoms with van der Waals surface area (Å²) in [5, 5.41) is 19.7. The van der Waals surface area contributed by atoms with Crippen LogP contribution in [0.3, 0.4) is 0 Å². The van der Waals surface area contributed by atoms with E-state index in [9.17, 15) is 23.6 Å². The first-order valence-corrected chi connectivity index (χ1v) is 12.5. The minimum absolute atomic E-state index is 0.147. The highest BCUT2D eigenvalue weighted by Crippen LogP contribution is 2.29. The van der Waals surface area contributed by atoms with Crippen molar-refractivity contribution in [1.82, 2.24) is 14.7 Å². The van der Waals surface area contributed by atoms with E-state index in [2.05, 4.69) is 14.7 Å². The number of aromatic nitrogens is 2. The second kappa shape index (κ2) is 10.3. The lowest BCUT2D eigenvalue weighted by molar-refractivity contribution is -0.143. The molecule has 0 aliphatic rings. The van der Waals surface area contributed by atoms with Crippen LogP contribution in [0.5, 0.6) is 0 Å². The summed E-state index contributed by atoms with van der Waals surface area (Å²) < 4.78 is 33.4. The number of nitrogens with zero attached hydrogens (tertiary/aromatic N) is 2. The first kappa shape index (κ1) is 25.9. The van der Waals surface area contributed by atoms with E-state index < -0.39 is 28.4 Å². The molecule has 0 spiro atoms. The van der Waals surface area contributed by atoms with Crippen molar-refractivity contribution in [3.8, 4) is 6.07 Å². The Morgan fingerprint density at radius 2 is 1.69 bits per heavy atom. The summed E-state index contributed by atoms with van der Waals surface area (Å²) in [7, 11) is -3.85. The summed E-state index contributed by atoms with van der Waals surface area (Å²) in [6.45, 7) is 8.54. The molecule has 0 fully saturated rings. The van der Waals surface area contributed by atoms with Crippen LogP contribution in [-0.2, 0) is 19.6 Å². The van der Waals surface area contributed by atoms with Crippen LogP contribution in [0.1, 0.15) is 40.1 Å². The highest BCUT2D eigenvalue weighted by atomic mass is 32.2. The van der Waals surface area contributed by atoms with Crippen molar-refractivity contribution in [2.45, 2.75) is 45.9 Å². The molecule has 184 valence electrons. The number of allylic oxidation sites excluding steroid dienone is 1. The number of esters is 1. The van der Waals surface area contributed by atoms with Crippen LogP contribution in [0.2, 0.25) is 0 Å². The van der Waals surface area contributed by atoms with E-state index in [-0.39, 0.29) is 29.3 Å². The third-order valence-electron chi connectivity index (χ3n) is 6.22. The molecule has 2 aromatic carbocycles. The zero-order chi connectivity index (χ0) is 25.9. The lowest BCUT2D eigenvalue weighted by atomic mass is 9.95. The number of aliphatic hydroxyl groups is 1. The molecule has 1 heterocycles. The number of H-pyrrole nitrogens is 1. The molecule has 3 N–H and O–H groups in total. The summed E-state index contributed by atoms with van der Waals surface area (Å²) in [6.07, 6.45) is -0.249. The average Bonchev–Trinajstić information content (AvgIpc) is 3.24. The van der Waals surface area contributed by atoms with Crippen molar-refractivity contribution in [3.63, 3.8) is 0 Å². The summed E-state index contributed by atoms with van der Waals surface area (Å²) in [5.41, 5.74) is 5.38. The van der Waals surface area contributed by atoms with Gasteiger partial charge < -0.3 is 14.8 Å². The predicted octanol–water partition coefficient (Wildman–Crippen LogP) is 3.81. The number of carbonyl (C=O) groups excluding carboxylic acids is 1. The minimum atomic E-state index is -3.85. The highest BCUT2D eigenvalue weighted by Gasteiger charge is 2.23. The molecule has 0 amide bonds. The quantitative estimate of drug-likeness (QED) is 0.244. The fraction of sp³-hybridized carbons (Fsp3) is 0.320. The number of fused-ring (bicyclic) bond motifs is 1. The van der Waals surface area contributed by atoms with Gasteiger partial charge in [-0.1, -0.05) is 12.1 Å². The second-order valence-corrected chi connectivity index (χ2v) is 10.0. The van der Waals surface area contributed by atoms with Gasteiger partial charge in [0.25, 0.3) is 0 Å². The third-order valence-corrected chi connectivity index (χ3v) is 7.95. The zero-order valence-electron chi connectivity index (χ0n) is 20.3. The molecule has 1 aromatic heterocycles. The Labute approximate surface area is 204 Å². The Balaban J connectivity index is 1.63. The maximum absolute atomic E-state index is 12.9. The molecule has 9 nitrogen and oxygen atoms in total. The van der Waals surface area contributed by atoms with Crippen LogP contribution in [0.15, 0.2) is 34.9 Å². The van der Waals surface area contributed by atoms with Crippen molar-refractivity contribution < 1.29 is 23.1 Å². The fourth-order valence-electron chi connectivity index (χ4n) is 3.85. The number of hydrogen-bond acceptors (Lipinski definition) is 7. The number of ether oxygens (including phenoxy) is 1. The maximum Gasteiger partial charge on any atom is 0.307 e. The van der Waals surface area contributed by atoms with Crippen molar-refractivity contribution in [1.29, 1.82) is 5.26 Å². The Kier molecular flexibility index (Phi) is 7.63. The maximum atomic E-state index is 12.9. The summed E-state index contributed by atoms with van der Waals surface area (Å²) in [4.78, 5) is 19.6. The van der Waals surface area contributed by atoms with Crippen LogP contribution in [0.25, 0.3) is 16.6 Å². The largest absolute Gasteiger partial charge is 0.507 e. The Morgan fingerprint density at radius 1 is 1.09 bits per heavy atom. The number of carbonyl (C=O) groups is 1. The summed E-state index contributed by atoms with van der Waals surface area (Å²) >= 11 is 0.